The lowest BCUT2D eigenvalue weighted by molar-refractivity contribution is 0.0937. The largest absolute Gasteiger partial charge is 0.383 e. The maximum atomic E-state index is 12.4. The summed E-state index contributed by atoms with van der Waals surface area (Å²) >= 11 is 1.87. The van der Waals surface area contributed by atoms with Crippen LogP contribution in [0, 0.1) is 12.8 Å². The van der Waals surface area contributed by atoms with Gasteiger partial charge in [0.1, 0.15) is 0 Å². The Bertz CT molecular complexity index is 842. The van der Waals surface area contributed by atoms with E-state index in [1.807, 2.05) is 23.5 Å². The first kappa shape index (κ1) is 17.3. The van der Waals surface area contributed by atoms with Crippen molar-refractivity contribution in [1.82, 2.24) is 5.32 Å². The molecule has 1 aliphatic heterocycles. The fourth-order valence-electron chi connectivity index (χ4n) is 4.01. The third-order valence-corrected chi connectivity index (χ3v) is 6.37. The number of hydrogen-bond donors (Lipinski definition) is 2. The maximum Gasteiger partial charge on any atom is 0.251 e. The summed E-state index contributed by atoms with van der Waals surface area (Å²) in [5.41, 5.74) is 3.08. The average molecular weight is 369 g/mol. The summed E-state index contributed by atoms with van der Waals surface area (Å²) in [7, 11) is 1.63. The predicted molar refractivity (Wildman–Crippen MR) is 106 cm³/mol. The van der Waals surface area contributed by atoms with Gasteiger partial charge in [0, 0.05) is 40.6 Å². The predicted octanol–water partition coefficient (Wildman–Crippen LogP) is 4.26. The number of aryl methyl sites for hydroxylation is 1. The highest BCUT2D eigenvalue weighted by atomic mass is 32.1. The molecule has 0 saturated carbocycles. The van der Waals surface area contributed by atoms with Gasteiger partial charge < -0.3 is 15.4 Å². The number of benzene rings is 1. The Morgan fingerprint density at radius 3 is 3.00 bits per heavy atom. The van der Waals surface area contributed by atoms with Gasteiger partial charge in [-0.1, -0.05) is 12.2 Å². The molecule has 1 aliphatic carbocycles. The summed E-state index contributed by atoms with van der Waals surface area (Å²) in [6, 6.07) is 10.8. The number of nitrogens with one attached hydrogen (secondary N) is 2. The van der Waals surface area contributed by atoms with Crippen molar-refractivity contribution in [2.75, 3.05) is 25.6 Å². The minimum absolute atomic E-state index is 0.0422. The number of allylic oxidation sites excluding steroid dienone is 2. The van der Waals surface area contributed by atoms with Crippen molar-refractivity contribution in [3.63, 3.8) is 0 Å². The summed E-state index contributed by atoms with van der Waals surface area (Å²) in [5, 5.41) is 6.64. The van der Waals surface area contributed by atoms with Crippen LogP contribution in [0.1, 0.15) is 44.1 Å². The van der Waals surface area contributed by atoms with Crippen LogP contribution < -0.4 is 10.6 Å². The number of ether oxygens (including phenoxy) is 1. The van der Waals surface area contributed by atoms with Crippen LogP contribution in [0.25, 0.3) is 0 Å². The molecular formula is C21H24N2O2S. The van der Waals surface area contributed by atoms with E-state index in [9.17, 15) is 4.79 Å². The van der Waals surface area contributed by atoms with Gasteiger partial charge in [-0.2, -0.15) is 0 Å². The Kier molecular flexibility index (Phi) is 4.83. The van der Waals surface area contributed by atoms with E-state index in [1.165, 1.54) is 15.3 Å². The quantitative estimate of drug-likeness (QED) is 0.612. The van der Waals surface area contributed by atoms with E-state index in [0.29, 0.717) is 36.6 Å². The summed E-state index contributed by atoms with van der Waals surface area (Å²) in [5.74, 6) is 0.831. The van der Waals surface area contributed by atoms with E-state index in [2.05, 4.69) is 47.9 Å². The number of carbonyl (C=O) groups excluding carboxylic acids is 1. The molecule has 1 aromatic carbocycles. The Morgan fingerprint density at radius 2 is 2.23 bits per heavy atom. The van der Waals surface area contributed by atoms with Crippen molar-refractivity contribution in [1.29, 1.82) is 0 Å². The van der Waals surface area contributed by atoms with Crippen LogP contribution in [0.3, 0.4) is 0 Å². The van der Waals surface area contributed by atoms with E-state index in [0.717, 1.165) is 12.1 Å². The number of hydrogen-bond acceptors (Lipinski definition) is 4. The molecule has 1 amide bonds. The van der Waals surface area contributed by atoms with Gasteiger partial charge in [0.15, 0.2) is 0 Å². The van der Waals surface area contributed by atoms with E-state index >= 15 is 0 Å². The molecule has 0 fully saturated rings. The molecule has 2 aromatic rings. The lowest BCUT2D eigenvalue weighted by atomic mass is 9.78. The molecular weight excluding hydrogens is 344 g/mol. The smallest absolute Gasteiger partial charge is 0.251 e. The molecule has 5 heteroatoms. The highest BCUT2D eigenvalue weighted by Crippen LogP contribution is 2.50. The molecule has 0 spiro atoms. The molecule has 1 aromatic heterocycles. The second-order valence-electron chi connectivity index (χ2n) is 6.97. The zero-order chi connectivity index (χ0) is 18.1. The Balaban J connectivity index is 1.61. The Hall–Kier alpha value is -2.11. The van der Waals surface area contributed by atoms with Gasteiger partial charge in [-0.15, -0.1) is 11.3 Å². The van der Waals surface area contributed by atoms with Gasteiger partial charge in [0.2, 0.25) is 0 Å². The Morgan fingerprint density at radius 1 is 1.35 bits per heavy atom. The zero-order valence-electron chi connectivity index (χ0n) is 15.1. The van der Waals surface area contributed by atoms with Crippen LogP contribution in [0.2, 0.25) is 0 Å². The topological polar surface area (TPSA) is 50.4 Å². The first-order valence-electron chi connectivity index (χ1n) is 9.08. The normalized spacial score (nSPS) is 23.2. The molecule has 26 heavy (non-hydrogen) atoms. The van der Waals surface area contributed by atoms with Crippen LogP contribution in [0.4, 0.5) is 5.69 Å². The van der Waals surface area contributed by atoms with E-state index in [1.54, 1.807) is 7.11 Å². The summed E-state index contributed by atoms with van der Waals surface area (Å²) < 4.78 is 5.00. The number of methoxy groups -OCH3 is 1. The third-order valence-electron chi connectivity index (χ3n) is 5.28. The summed E-state index contributed by atoms with van der Waals surface area (Å²) in [4.78, 5) is 15.1. The van der Waals surface area contributed by atoms with Crippen molar-refractivity contribution in [3.8, 4) is 0 Å². The molecule has 2 heterocycles. The SMILES string of the molecule is COCCNC(=O)c1ccc2c(c1)C1C=CCC1C(c1ccc(C)s1)N2. The van der Waals surface area contributed by atoms with Crippen molar-refractivity contribution >= 4 is 22.9 Å². The lowest BCUT2D eigenvalue weighted by Crippen LogP contribution is -2.30. The first-order chi connectivity index (χ1) is 12.7. The monoisotopic (exact) mass is 368 g/mol. The summed E-state index contributed by atoms with van der Waals surface area (Å²) in [6.07, 6.45) is 5.66. The number of thiophene rings is 1. The van der Waals surface area contributed by atoms with Gasteiger partial charge >= 0.3 is 0 Å². The van der Waals surface area contributed by atoms with Crippen molar-refractivity contribution in [3.05, 3.63) is 63.4 Å². The molecule has 2 N–H and O–H groups in total. The second-order valence-corrected chi connectivity index (χ2v) is 8.29. The highest BCUT2D eigenvalue weighted by molar-refractivity contribution is 7.12. The van der Waals surface area contributed by atoms with Gasteiger partial charge in [-0.05, 0) is 55.2 Å². The molecule has 0 bridgehead atoms. The second kappa shape index (κ2) is 7.25. The van der Waals surface area contributed by atoms with Crippen molar-refractivity contribution in [2.45, 2.75) is 25.3 Å². The molecule has 3 unspecified atom stereocenters. The molecule has 4 nitrogen and oxygen atoms in total. The van der Waals surface area contributed by atoms with Crippen LogP contribution in [-0.2, 0) is 4.74 Å². The molecule has 2 aliphatic rings. The minimum atomic E-state index is -0.0422. The van der Waals surface area contributed by atoms with E-state index in [4.69, 9.17) is 4.74 Å². The van der Waals surface area contributed by atoms with Crippen LogP contribution in [0.15, 0.2) is 42.5 Å². The number of anilines is 1. The summed E-state index contributed by atoms with van der Waals surface area (Å²) in [6.45, 7) is 3.20. The number of carbonyl (C=O) groups is 1. The zero-order valence-corrected chi connectivity index (χ0v) is 15.9. The average Bonchev–Trinajstić information content (AvgIpc) is 3.30. The van der Waals surface area contributed by atoms with Crippen LogP contribution in [0.5, 0.6) is 0 Å². The highest BCUT2D eigenvalue weighted by Gasteiger charge is 2.38. The molecule has 4 rings (SSSR count). The molecule has 3 atom stereocenters. The molecule has 0 radical (unpaired) electrons. The lowest BCUT2D eigenvalue weighted by Gasteiger charge is -2.37. The van der Waals surface area contributed by atoms with Gasteiger partial charge in [0.25, 0.3) is 5.91 Å². The number of amides is 1. The van der Waals surface area contributed by atoms with Gasteiger partial charge in [0.05, 0.1) is 12.6 Å². The third kappa shape index (κ3) is 3.17. The Labute approximate surface area is 158 Å². The van der Waals surface area contributed by atoms with Crippen LogP contribution in [-0.4, -0.2) is 26.2 Å². The van der Waals surface area contributed by atoms with Crippen molar-refractivity contribution in [2.24, 2.45) is 5.92 Å². The van der Waals surface area contributed by atoms with Gasteiger partial charge in [-0.25, -0.2) is 0 Å². The van der Waals surface area contributed by atoms with E-state index < -0.39 is 0 Å². The van der Waals surface area contributed by atoms with E-state index in [-0.39, 0.29) is 5.91 Å². The molecule has 136 valence electrons. The first-order valence-corrected chi connectivity index (χ1v) is 9.89. The number of fused-ring (bicyclic) bond motifs is 3. The molecule has 0 saturated heterocycles. The van der Waals surface area contributed by atoms with Gasteiger partial charge in [-0.3, -0.25) is 4.79 Å². The standard InChI is InChI=1S/C21H24N2O2S/c1-13-6-9-19(26-13)20-16-5-3-4-15(16)17-12-14(7-8-18(17)23-20)21(24)22-10-11-25-2/h3-4,6-9,12,15-16,20,23H,5,10-11H2,1-2H3,(H,22,24). The minimum Gasteiger partial charge on any atom is -0.383 e. The maximum absolute atomic E-state index is 12.4. The van der Waals surface area contributed by atoms with Crippen LogP contribution >= 0.6 is 11.3 Å². The van der Waals surface area contributed by atoms with Crippen molar-refractivity contribution < 1.29 is 9.53 Å². The fourth-order valence-corrected chi connectivity index (χ4v) is 5.01. The fraction of sp³-hybridized carbons (Fsp3) is 0.381. The number of rotatable bonds is 5.